The van der Waals surface area contributed by atoms with Crippen molar-refractivity contribution in [3.05, 3.63) is 11.6 Å². The fraction of sp³-hybridized carbons (Fsp3) is 0.643. The molecule has 0 N–H and O–H groups in total. The van der Waals surface area contributed by atoms with Crippen LogP contribution in [0.1, 0.15) is 33.6 Å². The Morgan fingerprint density at radius 2 is 1.94 bits per heavy atom. The van der Waals surface area contributed by atoms with Crippen molar-refractivity contribution >= 4 is 19.7 Å². The van der Waals surface area contributed by atoms with E-state index in [0.717, 1.165) is 18.4 Å². The van der Waals surface area contributed by atoms with Crippen LogP contribution in [0.15, 0.2) is 11.6 Å². The summed E-state index contributed by atoms with van der Waals surface area (Å²) in [7, 11) is -1.56. The first-order valence-electron chi connectivity index (χ1n) is 5.92. The third kappa shape index (κ3) is 5.96. The molecule has 17 heavy (non-hydrogen) atoms. The lowest BCUT2D eigenvalue weighted by Gasteiger charge is -2.31. The minimum absolute atomic E-state index is 0.261. The first kappa shape index (κ1) is 16.3. The molecule has 0 aliphatic rings. The van der Waals surface area contributed by atoms with Gasteiger partial charge in [0.2, 0.25) is 0 Å². The molecule has 0 amide bonds. The largest absolute Gasteiger partial charge is 0.193 e. The number of hydrogen-bond donors (Lipinski definition) is 0. The van der Waals surface area contributed by atoms with E-state index in [-0.39, 0.29) is 5.04 Å². The van der Waals surface area contributed by atoms with Crippen molar-refractivity contribution in [2.75, 3.05) is 5.88 Å². The molecule has 0 aliphatic heterocycles. The molecule has 0 aliphatic carbocycles. The molecule has 0 fully saturated rings. The average Bonchev–Trinajstić information content (AvgIpc) is 2.21. The van der Waals surface area contributed by atoms with Gasteiger partial charge in [-0.3, -0.25) is 0 Å². The SMILES string of the molecule is CC(C)(C)[Si](C)(C)C#C/C=C(\C#N)CCCCl. The predicted molar refractivity (Wildman–Crippen MR) is 78.6 cm³/mol. The van der Waals surface area contributed by atoms with Crippen molar-refractivity contribution < 1.29 is 0 Å². The van der Waals surface area contributed by atoms with Crippen molar-refractivity contribution in [3.63, 3.8) is 0 Å². The molecule has 0 heterocycles. The summed E-state index contributed by atoms with van der Waals surface area (Å²) in [6.07, 6.45) is 3.32. The van der Waals surface area contributed by atoms with E-state index in [4.69, 9.17) is 16.9 Å². The molecule has 0 atom stereocenters. The van der Waals surface area contributed by atoms with Crippen LogP contribution >= 0.6 is 11.6 Å². The molecule has 0 aromatic carbocycles. The molecule has 1 nitrogen and oxygen atoms in total. The third-order valence-electron chi connectivity index (χ3n) is 3.23. The van der Waals surface area contributed by atoms with Gasteiger partial charge in [0.1, 0.15) is 8.07 Å². The van der Waals surface area contributed by atoms with Crippen LogP contribution in [0.2, 0.25) is 18.1 Å². The average molecular weight is 268 g/mol. The Morgan fingerprint density at radius 3 is 2.35 bits per heavy atom. The minimum atomic E-state index is -1.56. The van der Waals surface area contributed by atoms with Gasteiger partial charge in [-0.25, -0.2) is 0 Å². The molecule has 0 radical (unpaired) electrons. The predicted octanol–water partition coefficient (Wildman–Crippen LogP) is 4.51. The molecule has 0 aromatic rings. The monoisotopic (exact) mass is 267 g/mol. The molecule has 0 unspecified atom stereocenters. The van der Waals surface area contributed by atoms with Crippen LogP contribution in [0.25, 0.3) is 0 Å². The molecule has 0 saturated heterocycles. The van der Waals surface area contributed by atoms with E-state index in [1.165, 1.54) is 0 Å². The highest BCUT2D eigenvalue weighted by atomic mass is 35.5. The van der Waals surface area contributed by atoms with E-state index in [9.17, 15) is 0 Å². The Hall–Kier alpha value is -0.703. The number of rotatable bonds is 3. The zero-order valence-corrected chi connectivity index (χ0v) is 13.3. The van der Waals surface area contributed by atoms with E-state index in [0.29, 0.717) is 5.88 Å². The topological polar surface area (TPSA) is 23.8 Å². The van der Waals surface area contributed by atoms with Gasteiger partial charge in [0.05, 0.1) is 6.07 Å². The van der Waals surface area contributed by atoms with Crippen LogP contribution in [0, 0.1) is 22.8 Å². The summed E-state index contributed by atoms with van der Waals surface area (Å²) in [5.41, 5.74) is 4.10. The van der Waals surface area contributed by atoms with Crippen molar-refractivity contribution in [2.24, 2.45) is 0 Å². The van der Waals surface area contributed by atoms with Crippen molar-refractivity contribution in [1.82, 2.24) is 0 Å². The molecular weight excluding hydrogens is 246 g/mol. The number of allylic oxidation sites excluding steroid dienone is 2. The summed E-state index contributed by atoms with van der Waals surface area (Å²) in [6.45, 7) is 11.2. The lowest BCUT2D eigenvalue weighted by atomic mass is 10.1. The standard InChI is InChI=1S/C14H22ClNSi/c1-14(2,3)17(4,5)11-7-9-13(12-16)8-6-10-15/h9H,6,8,10H2,1-5H3/b13-9-. The van der Waals surface area contributed by atoms with Gasteiger partial charge in [-0.1, -0.05) is 39.8 Å². The highest BCUT2D eigenvalue weighted by Crippen LogP contribution is 2.35. The molecular formula is C14H22ClNSi. The zero-order chi connectivity index (χ0) is 13.5. The Bertz CT molecular complexity index is 372. The summed E-state index contributed by atoms with van der Waals surface area (Å²) in [5.74, 6) is 3.67. The van der Waals surface area contributed by atoms with Gasteiger partial charge >= 0.3 is 0 Å². The zero-order valence-electron chi connectivity index (χ0n) is 11.5. The van der Waals surface area contributed by atoms with E-state index in [1.807, 2.05) is 0 Å². The first-order valence-corrected chi connectivity index (χ1v) is 9.46. The van der Waals surface area contributed by atoms with Crippen molar-refractivity contribution in [1.29, 1.82) is 5.26 Å². The van der Waals surface area contributed by atoms with Crippen LogP contribution in [0.4, 0.5) is 0 Å². The van der Waals surface area contributed by atoms with Gasteiger partial charge in [-0.05, 0) is 17.9 Å². The van der Waals surface area contributed by atoms with Crippen LogP contribution < -0.4 is 0 Å². The lowest BCUT2D eigenvalue weighted by molar-refractivity contribution is 0.731. The number of halogens is 1. The normalized spacial score (nSPS) is 12.6. The Balaban J connectivity index is 4.76. The highest BCUT2D eigenvalue weighted by Gasteiger charge is 2.33. The smallest absolute Gasteiger partial charge is 0.138 e. The van der Waals surface area contributed by atoms with Crippen molar-refractivity contribution in [2.45, 2.75) is 51.7 Å². The van der Waals surface area contributed by atoms with E-state index >= 15 is 0 Å². The maximum atomic E-state index is 8.92. The lowest BCUT2D eigenvalue weighted by Crippen LogP contribution is -2.35. The summed E-state index contributed by atoms with van der Waals surface area (Å²) in [4.78, 5) is 0. The fourth-order valence-electron chi connectivity index (χ4n) is 0.909. The summed E-state index contributed by atoms with van der Waals surface area (Å²) in [5, 5.41) is 9.18. The van der Waals surface area contributed by atoms with Gasteiger partial charge < -0.3 is 0 Å². The first-order chi connectivity index (χ1) is 7.74. The van der Waals surface area contributed by atoms with Crippen LogP contribution in [0.5, 0.6) is 0 Å². The summed E-state index contributed by atoms with van der Waals surface area (Å²) >= 11 is 5.60. The molecule has 0 spiro atoms. The van der Waals surface area contributed by atoms with Crippen LogP contribution in [-0.4, -0.2) is 14.0 Å². The maximum Gasteiger partial charge on any atom is 0.138 e. The maximum absolute atomic E-state index is 8.92. The van der Waals surface area contributed by atoms with Gasteiger partial charge in [0.15, 0.2) is 0 Å². The molecule has 3 heteroatoms. The van der Waals surface area contributed by atoms with Gasteiger partial charge in [0.25, 0.3) is 0 Å². The Kier molecular flexibility index (Phi) is 6.61. The quantitative estimate of drug-likeness (QED) is 0.320. The van der Waals surface area contributed by atoms with E-state index < -0.39 is 8.07 Å². The van der Waals surface area contributed by atoms with Crippen molar-refractivity contribution in [3.8, 4) is 17.5 Å². The van der Waals surface area contributed by atoms with E-state index in [1.54, 1.807) is 6.08 Å². The summed E-state index contributed by atoms with van der Waals surface area (Å²) in [6, 6.07) is 2.18. The minimum Gasteiger partial charge on any atom is -0.193 e. The number of nitriles is 1. The molecule has 0 aromatic heterocycles. The Morgan fingerprint density at radius 1 is 1.35 bits per heavy atom. The number of hydrogen-bond acceptors (Lipinski definition) is 1. The number of nitrogens with zero attached hydrogens (tertiary/aromatic N) is 1. The fourth-order valence-corrected chi connectivity index (χ4v) is 1.85. The molecule has 0 saturated carbocycles. The second-order valence-electron chi connectivity index (χ2n) is 5.72. The molecule has 0 bridgehead atoms. The third-order valence-corrected chi connectivity index (χ3v) is 8.02. The molecule has 0 rings (SSSR count). The van der Waals surface area contributed by atoms with Gasteiger partial charge in [0, 0.05) is 17.5 Å². The van der Waals surface area contributed by atoms with Gasteiger partial charge in [-0.15, -0.1) is 17.1 Å². The van der Waals surface area contributed by atoms with Crippen LogP contribution in [-0.2, 0) is 0 Å². The molecule has 94 valence electrons. The second-order valence-corrected chi connectivity index (χ2v) is 11.1. The number of alkyl halides is 1. The summed E-state index contributed by atoms with van der Waals surface area (Å²) < 4.78 is 0. The Labute approximate surface area is 112 Å². The van der Waals surface area contributed by atoms with Crippen LogP contribution in [0.3, 0.4) is 0 Å². The second kappa shape index (κ2) is 6.89. The van der Waals surface area contributed by atoms with E-state index in [2.05, 4.69) is 51.4 Å². The van der Waals surface area contributed by atoms with Gasteiger partial charge in [-0.2, -0.15) is 5.26 Å². The highest BCUT2D eigenvalue weighted by molar-refractivity contribution is 6.87.